The van der Waals surface area contributed by atoms with Crippen molar-refractivity contribution in [3.8, 4) is 0 Å². The van der Waals surface area contributed by atoms with Crippen LogP contribution in [-0.2, 0) is 0 Å². The Hall–Kier alpha value is -2.76. The number of rotatable bonds is 2. The van der Waals surface area contributed by atoms with E-state index in [0.29, 0.717) is 28.0 Å². The van der Waals surface area contributed by atoms with Gasteiger partial charge in [-0.1, -0.05) is 0 Å². The molecule has 19 heavy (non-hydrogen) atoms. The lowest BCUT2D eigenvalue weighted by atomic mass is 10.0. The number of ketones is 1. The monoisotopic (exact) mass is 254 g/mol. The minimum Gasteiger partial charge on any atom is -0.304 e. The number of aromatic amines is 2. The molecule has 0 aliphatic heterocycles. The van der Waals surface area contributed by atoms with Crippen LogP contribution in [0.4, 0.5) is 0 Å². The second kappa shape index (κ2) is 4.16. The van der Waals surface area contributed by atoms with Crippen molar-refractivity contribution in [1.29, 1.82) is 0 Å². The molecule has 6 nitrogen and oxygen atoms in total. The smallest absolute Gasteiger partial charge is 0.304 e. The molecule has 0 bridgehead atoms. The first kappa shape index (κ1) is 11.3. The normalized spacial score (nSPS) is 10.8. The first-order chi connectivity index (χ1) is 9.15. The molecule has 94 valence electrons. The molecule has 3 aromatic rings. The van der Waals surface area contributed by atoms with Gasteiger partial charge in [0, 0.05) is 23.5 Å². The van der Waals surface area contributed by atoms with Crippen molar-refractivity contribution in [2.75, 3.05) is 0 Å². The van der Waals surface area contributed by atoms with Gasteiger partial charge in [-0.05, 0) is 25.1 Å². The molecule has 0 aliphatic rings. The summed E-state index contributed by atoms with van der Waals surface area (Å²) in [7, 11) is 0. The fraction of sp³-hybridized carbons (Fsp3) is 0.0769. The van der Waals surface area contributed by atoms with Crippen LogP contribution in [0.5, 0.6) is 0 Å². The summed E-state index contributed by atoms with van der Waals surface area (Å²) in [6.07, 6.45) is 3.12. The maximum Gasteiger partial charge on any atom is 0.325 e. The molecule has 3 rings (SSSR count). The second-order valence-electron chi connectivity index (χ2n) is 4.16. The highest BCUT2D eigenvalue weighted by atomic mass is 16.1. The largest absolute Gasteiger partial charge is 0.325 e. The number of fused-ring (bicyclic) bond motifs is 1. The van der Waals surface area contributed by atoms with Crippen LogP contribution in [0.25, 0.3) is 11.2 Å². The quantitative estimate of drug-likeness (QED) is 0.672. The number of carbonyl (C=O) groups excluding carboxylic acids is 1. The van der Waals surface area contributed by atoms with E-state index >= 15 is 0 Å². The summed E-state index contributed by atoms with van der Waals surface area (Å²) < 4.78 is 0. The van der Waals surface area contributed by atoms with Crippen molar-refractivity contribution >= 4 is 16.9 Å². The van der Waals surface area contributed by atoms with Crippen molar-refractivity contribution < 1.29 is 4.79 Å². The third-order valence-electron chi connectivity index (χ3n) is 2.88. The average Bonchev–Trinajstić information content (AvgIpc) is 2.77. The molecule has 0 radical (unpaired) electrons. The Labute approximate surface area is 107 Å². The number of nitrogens with one attached hydrogen (secondary N) is 2. The van der Waals surface area contributed by atoms with Crippen LogP contribution >= 0.6 is 0 Å². The van der Waals surface area contributed by atoms with Gasteiger partial charge in [-0.2, -0.15) is 0 Å². The predicted octanol–water partition coefficient (Wildman–Crippen LogP) is 1.19. The lowest BCUT2D eigenvalue weighted by Gasteiger charge is -2.04. The topological polar surface area (TPSA) is 91.5 Å². The Bertz CT molecular complexity index is 818. The molecule has 3 heterocycles. The SMILES string of the molecule is Cc1nc2[nH]c(=O)[nH]c2cc1C(=O)c1ccncc1. The number of hydrogen-bond donors (Lipinski definition) is 2. The van der Waals surface area contributed by atoms with Gasteiger partial charge in [-0.15, -0.1) is 0 Å². The van der Waals surface area contributed by atoms with E-state index in [1.165, 1.54) is 0 Å². The van der Waals surface area contributed by atoms with Crippen LogP contribution in [0.1, 0.15) is 21.6 Å². The van der Waals surface area contributed by atoms with E-state index < -0.39 is 0 Å². The molecule has 0 spiro atoms. The van der Waals surface area contributed by atoms with Gasteiger partial charge in [0.25, 0.3) is 0 Å². The fourth-order valence-corrected chi connectivity index (χ4v) is 1.95. The molecule has 2 N–H and O–H groups in total. The third kappa shape index (κ3) is 1.93. The zero-order valence-electron chi connectivity index (χ0n) is 10.1. The summed E-state index contributed by atoms with van der Waals surface area (Å²) in [5.74, 6) is -0.142. The zero-order valence-corrected chi connectivity index (χ0v) is 10.1. The number of hydrogen-bond acceptors (Lipinski definition) is 4. The lowest BCUT2D eigenvalue weighted by molar-refractivity contribution is 0.103. The Balaban J connectivity index is 2.17. The fourth-order valence-electron chi connectivity index (χ4n) is 1.95. The Kier molecular flexibility index (Phi) is 2.49. The molecule has 0 aliphatic carbocycles. The van der Waals surface area contributed by atoms with E-state index in [-0.39, 0.29) is 11.5 Å². The number of aromatic nitrogens is 4. The highest BCUT2D eigenvalue weighted by molar-refractivity contribution is 6.10. The number of nitrogens with zero attached hydrogens (tertiary/aromatic N) is 2. The summed E-state index contributed by atoms with van der Waals surface area (Å²) in [6.45, 7) is 1.74. The molecule has 0 unspecified atom stereocenters. The van der Waals surface area contributed by atoms with Crippen LogP contribution in [0.15, 0.2) is 35.4 Å². The van der Waals surface area contributed by atoms with Crippen LogP contribution in [-0.4, -0.2) is 25.7 Å². The number of pyridine rings is 2. The molecule has 0 atom stereocenters. The van der Waals surface area contributed by atoms with Gasteiger partial charge >= 0.3 is 5.69 Å². The Morgan fingerprint density at radius 2 is 1.95 bits per heavy atom. The first-order valence-electron chi connectivity index (χ1n) is 5.69. The van der Waals surface area contributed by atoms with Gasteiger partial charge in [0.05, 0.1) is 11.2 Å². The van der Waals surface area contributed by atoms with Crippen LogP contribution in [0.3, 0.4) is 0 Å². The predicted molar refractivity (Wildman–Crippen MR) is 69.1 cm³/mol. The van der Waals surface area contributed by atoms with E-state index in [9.17, 15) is 9.59 Å². The van der Waals surface area contributed by atoms with Gasteiger partial charge in [0.15, 0.2) is 11.4 Å². The molecular weight excluding hydrogens is 244 g/mol. The van der Waals surface area contributed by atoms with Crippen LogP contribution in [0, 0.1) is 6.92 Å². The van der Waals surface area contributed by atoms with Crippen molar-refractivity contribution in [3.63, 3.8) is 0 Å². The highest BCUT2D eigenvalue weighted by Gasteiger charge is 2.14. The van der Waals surface area contributed by atoms with E-state index in [1.54, 1.807) is 37.5 Å². The summed E-state index contributed by atoms with van der Waals surface area (Å²) in [6, 6.07) is 4.93. The average molecular weight is 254 g/mol. The van der Waals surface area contributed by atoms with E-state index in [0.717, 1.165) is 0 Å². The van der Waals surface area contributed by atoms with Crippen molar-refractivity contribution in [1.82, 2.24) is 19.9 Å². The summed E-state index contributed by atoms with van der Waals surface area (Å²) in [5.41, 5.74) is 2.22. The molecule has 0 saturated heterocycles. The van der Waals surface area contributed by atoms with E-state index in [4.69, 9.17) is 0 Å². The maximum absolute atomic E-state index is 12.3. The van der Waals surface area contributed by atoms with E-state index in [1.807, 2.05) is 0 Å². The maximum atomic E-state index is 12.3. The zero-order chi connectivity index (χ0) is 13.4. The molecule has 0 saturated carbocycles. The molecule has 0 aromatic carbocycles. The van der Waals surface area contributed by atoms with Gasteiger partial charge < -0.3 is 4.98 Å². The summed E-state index contributed by atoms with van der Waals surface area (Å²) in [4.78, 5) is 36.8. The first-order valence-corrected chi connectivity index (χ1v) is 5.69. The van der Waals surface area contributed by atoms with Crippen molar-refractivity contribution in [3.05, 3.63) is 57.9 Å². The van der Waals surface area contributed by atoms with Gasteiger partial charge in [-0.25, -0.2) is 9.78 Å². The third-order valence-corrected chi connectivity index (χ3v) is 2.88. The number of aryl methyl sites for hydroxylation is 1. The van der Waals surface area contributed by atoms with Crippen molar-refractivity contribution in [2.24, 2.45) is 0 Å². The van der Waals surface area contributed by atoms with Gasteiger partial charge in [0.1, 0.15) is 0 Å². The number of H-pyrrole nitrogens is 2. The van der Waals surface area contributed by atoms with Gasteiger partial charge in [-0.3, -0.25) is 14.8 Å². The van der Waals surface area contributed by atoms with Crippen LogP contribution in [0.2, 0.25) is 0 Å². The van der Waals surface area contributed by atoms with Crippen LogP contribution < -0.4 is 5.69 Å². The molecule has 3 aromatic heterocycles. The van der Waals surface area contributed by atoms with Crippen molar-refractivity contribution in [2.45, 2.75) is 6.92 Å². The Morgan fingerprint density at radius 1 is 1.21 bits per heavy atom. The molecule has 0 fully saturated rings. The number of imidazole rings is 1. The molecule has 0 amide bonds. The molecule has 6 heteroatoms. The second-order valence-corrected chi connectivity index (χ2v) is 4.16. The number of carbonyl (C=O) groups is 1. The van der Waals surface area contributed by atoms with E-state index in [2.05, 4.69) is 19.9 Å². The van der Waals surface area contributed by atoms with Gasteiger partial charge in [0.2, 0.25) is 0 Å². The minimum atomic E-state index is -0.338. The highest BCUT2D eigenvalue weighted by Crippen LogP contribution is 2.16. The standard InChI is InChI=1S/C13H10N4O2/c1-7-9(11(18)8-2-4-14-5-3-8)6-10-12(15-7)17-13(19)16-10/h2-6H,1H3,(H2,15,16,17,19). The minimum absolute atomic E-state index is 0.142. The Morgan fingerprint density at radius 3 is 2.68 bits per heavy atom. The summed E-state index contributed by atoms with van der Waals surface area (Å²) in [5, 5.41) is 0. The summed E-state index contributed by atoms with van der Waals surface area (Å²) >= 11 is 0. The lowest BCUT2D eigenvalue weighted by Crippen LogP contribution is -2.05. The molecular formula is C13H10N4O2.